The van der Waals surface area contributed by atoms with Crippen molar-refractivity contribution in [3.05, 3.63) is 104 Å². The molecule has 0 atom stereocenters. The lowest BCUT2D eigenvalue weighted by atomic mass is 10.0. The molecule has 0 bridgehead atoms. The third kappa shape index (κ3) is 4.97. The van der Waals surface area contributed by atoms with E-state index in [1.807, 2.05) is 53.4 Å². The van der Waals surface area contributed by atoms with Gasteiger partial charge < -0.3 is 9.40 Å². The Hall–Kier alpha value is -2.84. The summed E-state index contributed by atoms with van der Waals surface area (Å²) in [6, 6.07) is 17.5. The number of hydrogen-bond acceptors (Lipinski definition) is 3. The maximum Gasteiger partial charge on any atom is 0.449 e. The molecule has 2 heterocycles. The van der Waals surface area contributed by atoms with Crippen LogP contribution in [0.4, 0.5) is 13.2 Å². The van der Waals surface area contributed by atoms with Crippen molar-refractivity contribution < 1.29 is 17.6 Å². The second-order valence-electron chi connectivity index (χ2n) is 7.64. The van der Waals surface area contributed by atoms with Crippen molar-refractivity contribution in [3.63, 3.8) is 0 Å². The van der Waals surface area contributed by atoms with Crippen LogP contribution in [-0.4, -0.2) is 9.88 Å². The molecule has 0 unspecified atom stereocenters. The van der Waals surface area contributed by atoms with Crippen molar-refractivity contribution in [2.24, 2.45) is 0 Å². The van der Waals surface area contributed by atoms with Crippen LogP contribution in [0.1, 0.15) is 28.2 Å². The highest BCUT2D eigenvalue weighted by Gasteiger charge is 2.34. The molecule has 2 aromatic carbocycles. The second-order valence-corrected chi connectivity index (χ2v) is 8.55. The Morgan fingerprint density at radius 1 is 0.969 bits per heavy atom. The Morgan fingerprint density at radius 2 is 1.69 bits per heavy atom. The van der Waals surface area contributed by atoms with Crippen LogP contribution in [0, 0.1) is 6.92 Å². The van der Waals surface area contributed by atoms with Gasteiger partial charge in [0.25, 0.3) is 5.56 Å². The number of rotatable bonds is 6. The molecule has 4 rings (SSSR count). The summed E-state index contributed by atoms with van der Waals surface area (Å²) in [6.45, 7) is 2.75. The van der Waals surface area contributed by atoms with Gasteiger partial charge in [-0.05, 0) is 48.4 Å². The highest BCUT2D eigenvalue weighted by atomic mass is 79.9. The molecule has 1 N–H and O–H groups in total. The fourth-order valence-electron chi connectivity index (χ4n) is 3.69. The van der Waals surface area contributed by atoms with Crippen LogP contribution in [0.25, 0.3) is 10.9 Å². The third-order valence-corrected chi connectivity index (χ3v) is 5.84. The molecule has 0 aliphatic heterocycles. The number of nitrogens with zero attached hydrogens (tertiary/aromatic N) is 1. The molecule has 0 fully saturated rings. The van der Waals surface area contributed by atoms with Gasteiger partial charge in [0.05, 0.1) is 6.54 Å². The number of halogens is 4. The summed E-state index contributed by atoms with van der Waals surface area (Å²) in [5, 5.41) is 0.904. The lowest BCUT2D eigenvalue weighted by Gasteiger charge is -2.23. The number of aromatic amines is 1. The predicted octanol–water partition coefficient (Wildman–Crippen LogP) is 6.41. The zero-order valence-corrected chi connectivity index (χ0v) is 18.8. The summed E-state index contributed by atoms with van der Waals surface area (Å²) in [5.41, 5.74) is 2.95. The molecular formula is C24H20BrF3N2O2. The number of aromatic nitrogens is 1. The van der Waals surface area contributed by atoms with E-state index in [1.54, 1.807) is 6.92 Å². The van der Waals surface area contributed by atoms with Gasteiger partial charge in [0.2, 0.25) is 5.76 Å². The van der Waals surface area contributed by atoms with E-state index in [-0.39, 0.29) is 17.9 Å². The topological polar surface area (TPSA) is 49.2 Å². The van der Waals surface area contributed by atoms with E-state index in [1.165, 1.54) is 6.07 Å². The fraction of sp³-hybridized carbons (Fsp3) is 0.208. The van der Waals surface area contributed by atoms with Gasteiger partial charge in [-0.25, -0.2) is 0 Å². The average Bonchev–Trinajstić information content (AvgIpc) is 3.22. The molecule has 2 aromatic heterocycles. The molecule has 4 aromatic rings. The Morgan fingerprint density at radius 3 is 2.38 bits per heavy atom. The second kappa shape index (κ2) is 8.96. The highest BCUT2D eigenvalue weighted by molar-refractivity contribution is 9.10. The summed E-state index contributed by atoms with van der Waals surface area (Å²) >= 11 is 3.41. The molecule has 0 saturated carbocycles. The number of para-hydroxylation sites is 1. The van der Waals surface area contributed by atoms with Gasteiger partial charge in [-0.1, -0.05) is 46.3 Å². The summed E-state index contributed by atoms with van der Waals surface area (Å²) in [7, 11) is 0. The molecular weight excluding hydrogens is 485 g/mol. The van der Waals surface area contributed by atoms with Crippen molar-refractivity contribution in [3.8, 4) is 0 Å². The number of pyridine rings is 1. The fourth-order valence-corrected chi connectivity index (χ4v) is 3.95. The largest absolute Gasteiger partial charge is 0.455 e. The van der Waals surface area contributed by atoms with E-state index in [0.29, 0.717) is 18.7 Å². The monoisotopic (exact) mass is 504 g/mol. The van der Waals surface area contributed by atoms with Gasteiger partial charge in [-0.15, -0.1) is 0 Å². The van der Waals surface area contributed by atoms with Crippen LogP contribution in [0.3, 0.4) is 0 Å². The Bertz CT molecular complexity index is 1290. The van der Waals surface area contributed by atoms with Gasteiger partial charge in [0.1, 0.15) is 5.76 Å². The van der Waals surface area contributed by atoms with E-state index >= 15 is 0 Å². The third-order valence-electron chi connectivity index (χ3n) is 5.32. The standard InChI is InChI=1S/C24H20BrF3N2O2/c1-15-20(19-4-2-3-5-21(19)29-23(15)31)14-30(12-16-6-8-17(25)9-7-16)13-18-10-11-22(32-18)24(26,27)28/h2-11H,12-14H2,1H3,(H,29,31). The summed E-state index contributed by atoms with van der Waals surface area (Å²) < 4.78 is 45.0. The molecule has 0 radical (unpaired) electrons. The molecule has 166 valence electrons. The van der Waals surface area contributed by atoms with E-state index < -0.39 is 11.9 Å². The van der Waals surface area contributed by atoms with Gasteiger partial charge >= 0.3 is 6.18 Å². The van der Waals surface area contributed by atoms with Crippen LogP contribution in [0.5, 0.6) is 0 Å². The van der Waals surface area contributed by atoms with Gasteiger partial charge in [0, 0.05) is 34.0 Å². The zero-order valence-electron chi connectivity index (χ0n) is 17.2. The smallest absolute Gasteiger partial charge is 0.449 e. The molecule has 0 saturated heterocycles. The molecule has 32 heavy (non-hydrogen) atoms. The van der Waals surface area contributed by atoms with Crippen LogP contribution in [-0.2, 0) is 25.8 Å². The van der Waals surface area contributed by atoms with Gasteiger partial charge in [-0.2, -0.15) is 13.2 Å². The van der Waals surface area contributed by atoms with Crippen molar-refractivity contribution in [2.75, 3.05) is 0 Å². The van der Waals surface area contributed by atoms with Crippen molar-refractivity contribution in [2.45, 2.75) is 32.7 Å². The normalized spacial score (nSPS) is 12.1. The number of H-pyrrole nitrogens is 1. The van der Waals surface area contributed by atoms with Gasteiger partial charge in [-0.3, -0.25) is 9.69 Å². The molecule has 0 amide bonds. The maximum atomic E-state index is 13.0. The number of furan rings is 1. The minimum absolute atomic E-state index is 0.159. The highest BCUT2D eigenvalue weighted by Crippen LogP contribution is 2.31. The Kier molecular flexibility index (Phi) is 6.26. The molecule has 0 aliphatic rings. The zero-order chi connectivity index (χ0) is 22.9. The summed E-state index contributed by atoms with van der Waals surface area (Å²) in [6.07, 6.45) is -4.53. The number of benzene rings is 2. The first-order valence-corrected chi connectivity index (χ1v) is 10.7. The molecule has 4 nitrogen and oxygen atoms in total. The molecule has 0 spiro atoms. The first-order chi connectivity index (χ1) is 15.2. The predicted molar refractivity (Wildman–Crippen MR) is 120 cm³/mol. The minimum Gasteiger partial charge on any atom is -0.455 e. The van der Waals surface area contributed by atoms with E-state index in [2.05, 4.69) is 20.9 Å². The number of fused-ring (bicyclic) bond motifs is 1. The number of alkyl halides is 3. The lowest BCUT2D eigenvalue weighted by molar-refractivity contribution is -0.153. The first-order valence-electron chi connectivity index (χ1n) is 9.94. The van der Waals surface area contributed by atoms with Crippen molar-refractivity contribution >= 4 is 26.8 Å². The maximum absolute atomic E-state index is 13.0. The number of hydrogen-bond donors (Lipinski definition) is 1. The SMILES string of the molecule is Cc1c(CN(Cc2ccc(Br)cc2)Cc2ccc(C(F)(F)F)o2)c2ccccc2[nH]c1=O. The van der Waals surface area contributed by atoms with Crippen molar-refractivity contribution in [1.82, 2.24) is 9.88 Å². The lowest BCUT2D eigenvalue weighted by Crippen LogP contribution is -2.25. The average molecular weight is 505 g/mol. The number of nitrogens with one attached hydrogen (secondary N) is 1. The van der Waals surface area contributed by atoms with E-state index in [4.69, 9.17) is 4.42 Å². The van der Waals surface area contributed by atoms with E-state index in [9.17, 15) is 18.0 Å². The Balaban J connectivity index is 1.70. The summed E-state index contributed by atoms with van der Waals surface area (Å²) in [4.78, 5) is 17.3. The Labute approximate surface area is 190 Å². The first kappa shape index (κ1) is 22.4. The van der Waals surface area contributed by atoms with Crippen LogP contribution in [0.2, 0.25) is 0 Å². The van der Waals surface area contributed by atoms with Crippen LogP contribution < -0.4 is 5.56 Å². The van der Waals surface area contributed by atoms with Crippen molar-refractivity contribution in [1.29, 1.82) is 0 Å². The summed E-state index contributed by atoms with van der Waals surface area (Å²) in [5.74, 6) is -0.810. The molecule has 8 heteroatoms. The quantitative estimate of drug-likeness (QED) is 0.330. The van der Waals surface area contributed by atoms with Crippen LogP contribution >= 0.6 is 15.9 Å². The molecule has 0 aliphatic carbocycles. The minimum atomic E-state index is -4.53. The van der Waals surface area contributed by atoms with E-state index in [0.717, 1.165) is 32.6 Å². The van der Waals surface area contributed by atoms with Gasteiger partial charge in [0.15, 0.2) is 0 Å². The van der Waals surface area contributed by atoms with Crippen LogP contribution in [0.15, 0.2) is 74.3 Å².